The fourth-order valence-electron chi connectivity index (χ4n) is 4.97. The Kier molecular flexibility index (Phi) is 5.26. The van der Waals surface area contributed by atoms with Crippen molar-refractivity contribution in [1.82, 2.24) is 14.8 Å². The fourth-order valence-corrected chi connectivity index (χ4v) is 4.97. The summed E-state index contributed by atoms with van der Waals surface area (Å²) in [5, 5.41) is 9.98. The van der Waals surface area contributed by atoms with Crippen LogP contribution >= 0.6 is 0 Å². The van der Waals surface area contributed by atoms with Crippen LogP contribution < -0.4 is 0 Å². The van der Waals surface area contributed by atoms with Gasteiger partial charge in [-0.3, -0.25) is 14.7 Å². The number of pyridine rings is 1. The Morgan fingerprint density at radius 2 is 1.81 bits per heavy atom. The molecule has 2 aromatic carbocycles. The van der Waals surface area contributed by atoms with Crippen molar-refractivity contribution in [2.45, 2.75) is 24.5 Å². The van der Waals surface area contributed by atoms with Crippen molar-refractivity contribution in [1.29, 1.82) is 0 Å². The number of carbonyl (C=O) groups excluding carboxylic acids is 1. The molecule has 1 amide bonds. The maximum absolute atomic E-state index is 13.2. The monoisotopic (exact) mass is 417 g/mol. The Hall–Kier alpha value is -3.09. The third kappa shape index (κ3) is 3.73. The van der Waals surface area contributed by atoms with Crippen LogP contribution in [-0.4, -0.2) is 57.6 Å². The zero-order valence-corrected chi connectivity index (χ0v) is 17.1. The van der Waals surface area contributed by atoms with Gasteiger partial charge < -0.3 is 10.0 Å². The van der Waals surface area contributed by atoms with Crippen LogP contribution in [0.25, 0.3) is 11.1 Å². The minimum Gasteiger partial charge on any atom is -0.394 e. The summed E-state index contributed by atoms with van der Waals surface area (Å²) in [6.07, 6.45) is 3.59. The molecule has 0 aliphatic carbocycles. The quantitative estimate of drug-likeness (QED) is 0.693. The molecule has 2 fully saturated rings. The zero-order valence-electron chi connectivity index (χ0n) is 17.1. The van der Waals surface area contributed by atoms with E-state index in [-0.39, 0.29) is 36.3 Å². The average Bonchev–Trinajstić information content (AvgIpc) is 2.78. The molecular formula is C25H24FN3O2. The summed E-state index contributed by atoms with van der Waals surface area (Å²) in [6, 6.07) is 18.5. The first-order chi connectivity index (χ1) is 15.1. The van der Waals surface area contributed by atoms with Gasteiger partial charge in [-0.2, -0.15) is 0 Å². The molecule has 0 bridgehead atoms. The number of rotatable bonds is 5. The Bertz CT molecular complexity index is 1060. The summed E-state index contributed by atoms with van der Waals surface area (Å²) in [7, 11) is 0. The number of piperazine rings is 1. The van der Waals surface area contributed by atoms with Gasteiger partial charge in [0.1, 0.15) is 5.82 Å². The van der Waals surface area contributed by atoms with Gasteiger partial charge in [0.2, 0.25) is 5.91 Å². The number of aromatic nitrogens is 1. The lowest BCUT2D eigenvalue weighted by Gasteiger charge is -2.59. The number of nitrogens with zero attached hydrogens (tertiary/aromatic N) is 3. The number of amides is 1. The summed E-state index contributed by atoms with van der Waals surface area (Å²) in [6.45, 7) is 1.60. The fraction of sp³-hybridized carbons (Fsp3) is 0.280. The van der Waals surface area contributed by atoms with Crippen molar-refractivity contribution in [3.63, 3.8) is 0 Å². The Morgan fingerprint density at radius 3 is 2.48 bits per heavy atom. The highest BCUT2D eigenvalue weighted by Gasteiger charge is 2.53. The van der Waals surface area contributed by atoms with E-state index >= 15 is 0 Å². The first-order valence-corrected chi connectivity index (χ1v) is 10.5. The molecule has 0 radical (unpaired) electrons. The molecule has 1 N–H and O–H groups in total. The van der Waals surface area contributed by atoms with Crippen LogP contribution in [0, 0.1) is 5.82 Å². The van der Waals surface area contributed by atoms with Gasteiger partial charge in [0.05, 0.1) is 25.2 Å². The Morgan fingerprint density at radius 1 is 1.03 bits per heavy atom. The number of carbonyl (C=O) groups is 1. The van der Waals surface area contributed by atoms with Crippen LogP contribution in [0.5, 0.6) is 0 Å². The molecule has 2 aliphatic heterocycles. The highest BCUT2D eigenvalue weighted by Crippen LogP contribution is 2.43. The molecule has 3 heterocycles. The molecule has 3 aromatic rings. The lowest BCUT2D eigenvalue weighted by Crippen LogP contribution is -2.72. The lowest BCUT2D eigenvalue weighted by molar-refractivity contribution is -0.162. The average molecular weight is 417 g/mol. The van der Waals surface area contributed by atoms with Crippen LogP contribution in [0.15, 0.2) is 73.1 Å². The maximum Gasteiger partial charge on any atom is 0.237 e. The van der Waals surface area contributed by atoms with E-state index in [1.54, 1.807) is 18.3 Å². The molecule has 0 saturated carbocycles. The molecule has 0 unspecified atom stereocenters. The Labute approximate surface area is 180 Å². The van der Waals surface area contributed by atoms with Crippen LogP contribution in [0.4, 0.5) is 4.39 Å². The first kappa shape index (κ1) is 19.8. The second-order valence-electron chi connectivity index (χ2n) is 8.30. The van der Waals surface area contributed by atoms with E-state index < -0.39 is 0 Å². The summed E-state index contributed by atoms with van der Waals surface area (Å²) < 4.78 is 13.2. The van der Waals surface area contributed by atoms with E-state index in [9.17, 15) is 14.3 Å². The van der Waals surface area contributed by atoms with Gasteiger partial charge in [-0.25, -0.2) is 4.39 Å². The number of hydrogen-bond acceptors (Lipinski definition) is 4. The molecule has 2 aliphatic rings. The van der Waals surface area contributed by atoms with E-state index in [0.29, 0.717) is 13.1 Å². The topological polar surface area (TPSA) is 56.7 Å². The highest BCUT2D eigenvalue weighted by molar-refractivity contribution is 5.81. The van der Waals surface area contributed by atoms with Gasteiger partial charge in [-0.1, -0.05) is 42.5 Å². The van der Waals surface area contributed by atoms with Crippen molar-refractivity contribution in [2.24, 2.45) is 0 Å². The van der Waals surface area contributed by atoms with Crippen molar-refractivity contribution < 1.29 is 14.3 Å². The minimum absolute atomic E-state index is 0.0306. The van der Waals surface area contributed by atoms with Crippen molar-refractivity contribution in [2.75, 3.05) is 19.7 Å². The van der Waals surface area contributed by atoms with Gasteiger partial charge in [-0.05, 0) is 40.5 Å². The molecular weight excluding hydrogens is 393 g/mol. The van der Waals surface area contributed by atoms with Gasteiger partial charge in [0.25, 0.3) is 0 Å². The van der Waals surface area contributed by atoms with Crippen LogP contribution in [0.3, 0.4) is 0 Å². The number of benzene rings is 2. The second-order valence-corrected chi connectivity index (χ2v) is 8.30. The first-order valence-electron chi connectivity index (χ1n) is 10.5. The van der Waals surface area contributed by atoms with Crippen molar-refractivity contribution in [3.8, 4) is 11.1 Å². The summed E-state index contributed by atoms with van der Waals surface area (Å²) in [5.74, 6) is -0.127. The summed E-state index contributed by atoms with van der Waals surface area (Å²) >= 11 is 0. The van der Waals surface area contributed by atoms with E-state index in [0.717, 1.165) is 28.8 Å². The summed E-state index contributed by atoms with van der Waals surface area (Å²) in [5.41, 5.74) is 4.26. The number of aliphatic hydroxyl groups excluding tert-OH is 1. The molecule has 6 heteroatoms. The Balaban J connectivity index is 1.35. The molecule has 31 heavy (non-hydrogen) atoms. The number of hydrogen-bond donors (Lipinski definition) is 1. The summed E-state index contributed by atoms with van der Waals surface area (Å²) in [4.78, 5) is 20.9. The highest BCUT2D eigenvalue weighted by atomic mass is 19.1. The number of aliphatic hydroxyl groups is 1. The molecule has 5 rings (SSSR count). The van der Waals surface area contributed by atoms with Crippen LogP contribution in [0.2, 0.25) is 0 Å². The maximum atomic E-state index is 13.2. The molecule has 0 spiro atoms. The van der Waals surface area contributed by atoms with Crippen molar-refractivity contribution >= 4 is 5.91 Å². The lowest BCUT2D eigenvalue weighted by atomic mass is 9.73. The van der Waals surface area contributed by atoms with Gasteiger partial charge in [-0.15, -0.1) is 0 Å². The smallest absolute Gasteiger partial charge is 0.237 e. The third-order valence-corrected chi connectivity index (χ3v) is 6.43. The second kappa shape index (κ2) is 8.21. The molecule has 1 aromatic heterocycles. The SMILES string of the molecule is O=C1CN(Cc2ccc(F)cc2)C[C@@H]2[C@@H](c3ccc(-c4cccnc4)cc3)[C@@H](CO)N12. The molecule has 3 atom stereocenters. The zero-order chi connectivity index (χ0) is 21.4. The predicted octanol–water partition coefficient (Wildman–Crippen LogP) is 3.06. The largest absolute Gasteiger partial charge is 0.394 e. The van der Waals surface area contributed by atoms with Gasteiger partial charge in [0.15, 0.2) is 0 Å². The third-order valence-electron chi connectivity index (χ3n) is 6.43. The van der Waals surface area contributed by atoms with Crippen LogP contribution in [-0.2, 0) is 11.3 Å². The number of halogens is 1. The normalized spacial score (nSPS) is 23.4. The van der Waals surface area contributed by atoms with E-state index in [2.05, 4.69) is 34.1 Å². The minimum atomic E-state index is -0.260. The standard InChI is InChI=1S/C25H24FN3O2/c26-21-9-3-17(4-10-21)13-28-14-22-25(23(16-30)29(22)24(31)15-28)19-7-5-18(6-8-19)20-2-1-11-27-12-20/h1-12,22-23,25,30H,13-16H2/t22-,23-,25-/m1/s1. The predicted molar refractivity (Wildman–Crippen MR) is 116 cm³/mol. The van der Waals surface area contributed by atoms with E-state index in [4.69, 9.17) is 0 Å². The van der Waals surface area contributed by atoms with E-state index in [1.807, 2.05) is 23.2 Å². The van der Waals surface area contributed by atoms with E-state index in [1.165, 1.54) is 12.1 Å². The van der Waals surface area contributed by atoms with Crippen molar-refractivity contribution in [3.05, 3.63) is 90.0 Å². The molecule has 158 valence electrons. The number of fused-ring (bicyclic) bond motifs is 1. The van der Waals surface area contributed by atoms with Gasteiger partial charge >= 0.3 is 0 Å². The van der Waals surface area contributed by atoms with Crippen LogP contribution in [0.1, 0.15) is 17.0 Å². The van der Waals surface area contributed by atoms with Gasteiger partial charge in [0, 0.05) is 31.4 Å². The molecule has 5 nitrogen and oxygen atoms in total. The molecule has 2 saturated heterocycles.